The van der Waals surface area contributed by atoms with E-state index < -0.39 is 0 Å². The normalized spacial score (nSPS) is 23.9. The summed E-state index contributed by atoms with van der Waals surface area (Å²) in [4.78, 5) is 12.8. The third-order valence-electron chi connectivity index (χ3n) is 3.78. The monoisotopic (exact) mass is 267 g/mol. The highest BCUT2D eigenvalue weighted by atomic mass is 32.1. The lowest BCUT2D eigenvalue weighted by Gasteiger charge is -2.27. The molecule has 1 saturated carbocycles. The fourth-order valence-electron chi connectivity index (χ4n) is 2.52. The number of thiophene rings is 1. The summed E-state index contributed by atoms with van der Waals surface area (Å²) in [5, 5.41) is 5.74. The number of ether oxygens (including phenoxy) is 1. The lowest BCUT2D eigenvalue weighted by atomic mass is 9.86. The SMILES string of the molecule is COC(=O)C1CCC(NCc2sccc2C)CC1. The molecule has 2 rings (SSSR count). The summed E-state index contributed by atoms with van der Waals surface area (Å²) in [6, 6.07) is 2.71. The van der Waals surface area contributed by atoms with E-state index in [0.29, 0.717) is 6.04 Å². The maximum Gasteiger partial charge on any atom is 0.308 e. The molecule has 100 valence electrons. The van der Waals surface area contributed by atoms with Crippen molar-refractivity contribution in [1.29, 1.82) is 0 Å². The van der Waals surface area contributed by atoms with Crippen LogP contribution in [0.15, 0.2) is 11.4 Å². The van der Waals surface area contributed by atoms with Gasteiger partial charge >= 0.3 is 5.97 Å². The number of hydrogen-bond donors (Lipinski definition) is 1. The minimum atomic E-state index is -0.0393. The second-order valence-corrected chi connectivity index (χ2v) is 5.98. The van der Waals surface area contributed by atoms with Gasteiger partial charge < -0.3 is 10.1 Å². The Labute approximate surface area is 113 Å². The maximum atomic E-state index is 11.4. The Bertz CT molecular complexity index is 394. The van der Waals surface area contributed by atoms with E-state index in [1.54, 1.807) is 0 Å². The first-order valence-corrected chi connectivity index (χ1v) is 7.43. The van der Waals surface area contributed by atoms with Crippen LogP contribution in [0.1, 0.15) is 36.1 Å². The molecule has 1 aromatic rings. The van der Waals surface area contributed by atoms with Crippen molar-refractivity contribution in [3.05, 3.63) is 21.9 Å². The van der Waals surface area contributed by atoms with E-state index in [9.17, 15) is 4.79 Å². The molecule has 1 heterocycles. The second kappa shape index (κ2) is 6.34. The van der Waals surface area contributed by atoms with Crippen LogP contribution >= 0.6 is 11.3 Å². The Morgan fingerprint density at radius 1 is 1.44 bits per heavy atom. The zero-order valence-corrected chi connectivity index (χ0v) is 11.9. The molecule has 0 unspecified atom stereocenters. The van der Waals surface area contributed by atoms with Gasteiger partial charge in [-0.2, -0.15) is 0 Å². The van der Waals surface area contributed by atoms with E-state index in [-0.39, 0.29) is 11.9 Å². The minimum absolute atomic E-state index is 0.0393. The molecule has 0 radical (unpaired) electrons. The molecule has 1 aliphatic rings. The van der Waals surface area contributed by atoms with Crippen molar-refractivity contribution in [2.45, 2.75) is 45.2 Å². The molecule has 18 heavy (non-hydrogen) atoms. The summed E-state index contributed by atoms with van der Waals surface area (Å²) in [5.74, 6) is 0.0825. The topological polar surface area (TPSA) is 38.3 Å². The minimum Gasteiger partial charge on any atom is -0.469 e. The Morgan fingerprint density at radius 2 is 2.17 bits per heavy atom. The van der Waals surface area contributed by atoms with Gasteiger partial charge in [-0.05, 0) is 49.6 Å². The Balaban J connectivity index is 1.74. The fourth-order valence-corrected chi connectivity index (χ4v) is 3.38. The standard InChI is InChI=1S/C14H21NO2S/c1-10-7-8-18-13(10)9-15-12-5-3-11(4-6-12)14(16)17-2/h7-8,11-12,15H,3-6,9H2,1-2H3. The number of carbonyl (C=O) groups is 1. The first kappa shape index (κ1) is 13.6. The lowest BCUT2D eigenvalue weighted by Crippen LogP contribution is -2.34. The number of carbonyl (C=O) groups excluding carboxylic acids is 1. The molecule has 0 aliphatic heterocycles. The van der Waals surface area contributed by atoms with Gasteiger partial charge in [0.05, 0.1) is 13.0 Å². The van der Waals surface area contributed by atoms with Gasteiger partial charge in [0.15, 0.2) is 0 Å². The average Bonchev–Trinajstić information content (AvgIpc) is 2.81. The molecule has 1 aromatic heterocycles. The van der Waals surface area contributed by atoms with Crippen LogP contribution in [0.2, 0.25) is 0 Å². The van der Waals surface area contributed by atoms with Crippen LogP contribution in [0.3, 0.4) is 0 Å². The molecule has 0 aromatic carbocycles. The molecule has 1 fully saturated rings. The van der Waals surface area contributed by atoms with Crippen molar-refractivity contribution in [2.75, 3.05) is 7.11 Å². The molecule has 3 nitrogen and oxygen atoms in total. The first-order valence-electron chi connectivity index (χ1n) is 6.55. The van der Waals surface area contributed by atoms with E-state index in [0.717, 1.165) is 32.2 Å². The Kier molecular flexibility index (Phi) is 4.78. The number of hydrogen-bond acceptors (Lipinski definition) is 4. The van der Waals surface area contributed by atoms with Crippen LogP contribution in [0.25, 0.3) is 0 Å². The molecule has 1 N–H and O–H groups in total. The van der Waals surface area contributed by atoms with Gasteiger partial charge in [-0.1, -0.05) is 0 Å². The smallest absolute Gasteiger partial charge is 0.308 e. The number of esters is 1. The first-order chi connectivity index (χ1) is 8.70. The molecular weight excluding hydrogens is 246 g/mol. The van der Waals surface area contributed by atoms with Crippen LogP contribution in [-0.2, 0) is 16.1 Å². The van der Waals surface area contributed by atoms with E-state index in [1.807, 2.05) is 11.3 Å². The predicted molar refractivity (Wildman–Crippen MR) is 73.7 cm³/mol. The number of methoxy groups -OCH3 is 1. The summed E-state index contributed by atoms with van der Waals surface area (Å²) < 4.78 is 4.80. The Hall–Kier alpha value is -0.870. The van der Waals surface area contributed by atoms with Crippen LogP contribution in [-0.4, -0.2) is 19.1 Å². The number of nitrogens with one attached hydrogen (secondary N) is 1. The van der Waals surface area contributed by atoms with E-state index in [1.165, 1.54) is 17.6 Å². The third-order valence-corrected chi connectivity index (χ3v) is 4.80. The molecule has 1 aliphatic carbocycles. The molecule has 0 spiro atoms. The van der Waals surface area contributed by atoms with Crippen molar-refractivity contribution >= 4 is 17.3 Å². The zero-order valence-electron chi connectivity index (χ0n) is 11.1. The van der Waals surface area contributed by atoms with Crippen molar-refractivity contribution in [1.82, 2.24) is 5.32 Å². The molecule has 4 heteroatoms. The van der Waals surface area contributed by atoms with Gasteiger partial charge in [-0.15, -0.1) is 11.3 Å². The summed E-state index contributed by atoms with van der Waals surface area (Å²) in [6.45, 7) is 3.11. The predicted octanol–water partition coefficient (Wildman–Crippen LogP) is 2.88. The van der Waals surface area contributed by atoms with Crippen LogP contribution < -0.4 is 5.32 Å². The highest BCUT2D eigenvalue weighted by molar-refractivity contribution is 7.10. The lowest BCUT2D eigenvalue weighted by molar-refractivity contribution is -0.146. The highest BCUT2D eigenvalue weighted by Crippen LogP contribution is 2.26. The average molecular weight is 267 g/mol. The van der Waals surface area contributed by atoms with Gasteiger partial charge in [-0.3, -0.25) is 4.79 Å². The maximum absolute atomic E-state index is 11.4. The van der Waals surface area contributed by atoms with Crippen molar-refractivity contribution in [3.8, 4) is 0 Å². The summed E-state index contributed by atoms with van der Waals surface area (Å²) in [7, 11) is 1.48. The molecular formula is C14H21NO2S. The summed E-state index contributed by atoms with van der Waals surface area (Å²) in [6.07, 6.45) is 4.05. The van der Waals surface area contributed by atoms with Gasteiger partial charge in [0.2, 0.25) is 0 Å². The number of rotatable bonds is 4. The third kappa shape index (κ3) is 3.33. The van der Waals surface area contributed by atoms with Gasteiger partial charge in [0.25, 0.3) is 0 Å². The Morgan fingerprint density at radius 3 is 2.72 bits per heavy atom. The van der Waals surface area contributed by atoms with Crippen LogP contribution in [0.4, 0.5) is 0 Å². The quantitative estimate of drug-likeness (QED) is 0.853. The van der Waals surface area contributed by atoms with E-state index >= 15 is 0 Å². The van der Waals surface area contributed by atoms with Crippen LogP contribution in [0.5, 0.6) is 0 Å². The van der Waals surface area contributed by atoms with Crippen molar-refractivity contribution < 1.29 is 9.53 Å². The molecule has 0 saturated heterocycles. The van der Waals surface area contributed by atoms with E-state index in [2.05, 4.69) is 23.7 Å². The van der Waals surface area contributed by atoms with Crippen molar-refractivity contribution in [3.63, 3.8) is 0 Å². The molecule has 0 bridgehead atoms. The van der Waals surface area contributed by atoms with Gasteiger partial charge in [-0.25, -0.2) is 0 Å². The molecule has 0 amide bonds. The molecule has 0 atom stereocenters. The fraction of sp³-hybridized carbons (Fsp3) is 0.643. The second-order valence-electron chi connectivity index (χ2n) is 4.98. The summed E-state index contributed by atoms with van der Waals surface area (Å²) in [5.41, 5.74) is 1.37. The number of aryl methyl sites for hydroxylation is 1. The highest BCUT2D eigenvalue weighted by Gasteiger charge is 2.26. The summed E-state index contributed by atoms with van der Waals surface area (Å²) >= 11 is 1.81. The zero-order chi connectivity index (χ0) is 13.0. The largest absolute Gasteiger partial charge is 0.469 e. The van der Waals surface area contributed by atoms with Crippen LogP contribution in [0, 0.1) is 12.8 Å². The van der Waals surface area contributed by atoms with Crippen molar-refractivity contribution in [2.24, 2.45) is 5.92 Å². The van der Waals surface area contributed by atoms with Gasteiger partial charge in [0, 0.05) is 17.5 Å². The van der Waals surface area contributed by atoms with Gasteiger partial charge in [0.1, 0.15) is 0 Å². The van der Waals surface area contributed by atoms with E-state index in [4.69, 9.17) is 4.74 Å².